The van der Waals surface area contributed by atoms with E-state index >= 15 is 0 Å². The summed E-state index contributed by atoms with van der Waals surface area (Å²) in [7, 11) is 3.88. The van der Waals surface area contributed by atoms with Crippen molar-refractivity contribution in [1.29, 1.82) is 0 Å². The summed E-state index contributed by atoms with van der Waals surface area (Å²) >= 11 is 0. The van der Waals surface area contributed by atoms with Crippen molar-refractivity contribution in [2.24, 2.45) is 0 Å². The lowest BCUT2D eigenvalue weighted by Crippen LogP contribution is -2.54. The third-order valence-corrected chi connectivity index (χ3v) is 5.99. The number of rotatable bonds is 10. The number of ether oxygens (including phenoxy) is 1. The van der Waals surface area contributed by atoms with E-state index in [0.29, 0.717) is 18.4 Å². The molecule has 1 aromatic carbocycles. The van der Waals surface area contributed by atoms with Crippen LogP contribution in [0.1, 0.15) is 42.6 Å². The van der Waals surface area contributed by atoms with Crippen molar-refractivity contribution in [1.82, 2.24) is 15.5 Å². The molecule has 1 aromatic heterocycles. The molecule has 1 saturated heterocycles. The predicted octanol–water partition coefficient (Wildman–Crippen LogP) is 2.15. The minimum atomic E-state index is -0.856. The van der Waals surface area contributed by atoms with Crippen LogP contribution in [-0.2, 0) is 19.7 Å². The monoisotopic (exact) mass is 455 g/mol. The summed E-state index contributed by atoms with van der Waals surface area (Å²) in [5.74, 6) is -0.977. The number of carbonyl (C=O) groups excluding carboxylic acids is 3. The Kier molecular flexibility index (Phi) is 8.05. The van der Waals surface area contributed by atoms with Gasteiger partial charge in [-0.15, -0.1) is 0 Å². The fourth-order valence-electron chi connectivity index (χ4n) is 4.01. The molecule has 2 aromatic rings. The van der Waals surface area contributed by atoms with Gasteiger partial charge in [0.25, 0.3) is 5.91 Å². The summed E-state index contributed by atoms with van der Waals surface area (Å²) in [4.78, 5) is 40.6. The van der Waals surface area contributed by atoms with Crippen LogP contribution < -0.4 is 10.6 Å². The molecule has 3 rings (SSSR count). The van der Waals surface area contributed by atoms with Gasteiger partial charge in [-0.05, 0) is 44.0 Å². The molecule has 0 spiro atoms. The van der Waals surface area contributed by atoms with Crippen molar-refractivity contribution < 1.29 is 23.5 Å². The standard InChI is InChI=1S/C25H33N3O5/c1-25(2,18-8-6-5-7-9-18)14-19(26-23(30)17-11-13-32-15-17)24(31)27-22-20(29)16-33-21(22)10-12-28(3)4/h5-9,11,13,15,19,21-22H,10,12,14,16H2,1-4H3,(H,26,30)(H,27,31)/t19-,21?,22?/m0/s1. The number of nitrogens with zero attached hydrogens (tertiary/aromatic N) is 1. The number of Topliss-reactive ketones (excluding diaryl/α,β-unsaturated/α-hetero) is 1. The first-order valence-electron chi connectivity index (χ1n) is 11.2. The number of carbonyl (C=O) groups is 3. The fourth-order valence-corrected chi connectivity index (χ4v) is 4.01. The molecule has 33 heavy (non-hydrogen) atoms. The first-order chi connectivity index (χ1) is 15.7. The highest BCUT2D eigenvalue weighted by Crippen LogP contribution is 2.28. The molecule has 2 amide bonds. The van der Waals surface area contributed by atoms with Crippen LogP contribution in [0.5, 0.6) is 0 Å². The van der Waals surface area contributed by atoms with Crippen LogP contribution in [0.2, 0.25) is 0 Å². The first-order valence-corrected chi connectivity index (χ1v) is 11.2. The van der Waals surface area contributed by atoms with Gasteiger partial charge in [-0.2, -0.15) is 0 Å². The Morgan fingerprint density at radius 2 is 1.91 bits per heavy atom. The lowest BCUT2D eigenvalue weighted by Gasteiger charge is -2.31. The molecule has 0 aliphatic carbocycles. The molecule has 0 bridgehead atoms. The van der Waals surface area contributed by atoms with Gasteiger partial charge in [-0.3, -0.25) is 14.4 Å². The zero-order valence-corrected chi connectivity index (χ0v) is 19.7. The highest BCUT2D eigenvalue weighted by atomic mass is 16.5. The molecule has 1 aliphatic rings. The van der Waals surface area contributed by atoms with Crippen molar-refractivity contribution in [2.75, 3.05) is 27.2 Å². The van der Waals surface area contributed by atoms with Crippen molar-refractivity contribution in [3.8, 4) is 0 Å². The summed E-state index contributed by atoms with van der Waals surface area (Å²) in [5, 5.41) is 5.68. The average molecular weight is 456 g/mol. The number of hydrogen-bond acceptors (Lipinski definition) is 6. The highest BCUT2D eigenvalue weighted by Gasteiger charge is 2.39. The molecule has 1 fully saturated rings. The number of hydrogen-bond donors (Lipinski definition) is 2. The van der Waals surface area contributed by atoms with Crippen LogP contribution in [0.3, 0.4) is 0 Å². The summed E-state index contributed by atoms with van der Waals surface area (Å²) in [5.41, 5.74) is 0.965. The number of nitrogens with one attached hydrogen (secondary N) is 2. The summed E-state index contributed by atoms with van der Waals surface area (Å²) in [6.45, 7) is 4.75. The Balaban J connectivity index is 1.78. The summed E-state index contributed by atoms with van der Waals surface area (Å²) < 4.78 is 10.6. The fraction of sp³-hybridized carbons (Fsp3) is 0.480. The molecule has 8 heteroatoms. The number of furan rings is 1. The number of ketones is 1. The predicted molar refractivity (Wildman–Crippen MR) is 124 cm³/mol. The maximum Gasteiger partial charge on any atom is 0.255 e. The van der Waals surface area contributed by atoms with Crippen LogP contribution in [0.25, 0.3) is 0 Å². The maximum atomic E-state index is 13.4. The first kappa shape index (κ1) is 24.7. The summed E-state index contributed by atoms with van der Waals surface area (Å²) in [6.07, 6.45) is 3.30. The topological polar surface area (TPSA) is 101 Å². The smallest absolute Gasteiger partial charge is 0.255 e. The van der Waals surface area contributed by atoms with E-state index in [0.717, 1.165) is 12.1 Å². The number of benzene rings is 1. The van der Waals surface area contributed by atoms with E-state index < -0.39 is 35.4 Å². The van der Waals surface area contributed by atoms with Crippen LogP contribution in [0.4, 0.5) is 0 Å². The SMILES string of the molecule is CN(C)CCC1OCC(=O)C1NC(=O)[C@H](CC(C)(C)c1ccccc1)NC(=O)c1ccoc1. The van der Waals surface area contributed by atoms with Gasteiger partial charge in [-0.25, -0.2) is 0 Å². The van der Waals surface area contributed by atoms with Crippen LogP contribution in [0, 0.1) is 0 Å². The minimum Gasteiger partial charge on any atom is -0.472 e. The normalized spacial score (nSPS) is 19.5. The molecule has 0 saturated carbocycles. The molecular formula is C25H33N3O5. The van der Waals surface area contributed by atoms with Gasteiger partial charge >= 0.3 is 0 Å². The van der Waals surface area contributed by atoms with E-state index in [1.165, 1.54) is 18.6 Å². The molecule has 2 heterocycles. The third kappa shape index (κ3) is 6.52. The van der Waals surface area contributed by atoms with Crippen molar-refractivity contribution >= 4 is 17.6 Å². The van der Waals surface area contributed by atoms with E-state index in [9.17, 15) is 14.4 Å². The third-order valence-electron chi connectivity index (χ3n) is 5.99. The van der Waals surface area contributed by atoms with E-state index in [1.807, 2.05) is 63.2 Å². The number of amides is 2. The van der Waals surface area contributed by atoms with Crippen LogP contribution in [0.15, 0.2) is 53.3 Å². The highest BCUT2D eigenvalue weighted by molar-refractivity contribution is 5.98. The molecule has 1 aliphatic heterocycles. The molecule has 178 valence electrons. The Labute approximate surface area is 194 Å². The second-order valence-corrected chi connectivity index (χ2v) is 9.39. The van der Waals surface area contributed by atoms with E-state index in [1.54, 1.807) is 0 Å². The van der Waals surface area contributed by atoms with Crippen molar-refractivity contribution in [3.63, 3.8) is 0 Å². The molecule has 2 N–H and O–H groups in total. The van der Waals surface area contributed by atoms with Gasteiger partial charge in [0, 0.05) is 6.54 Å². The van der Waals surface area contributed by atoms with Gasteiger partial charge in [0.05, 0.1) is 17.9 Å². The summed E-state index contributed by atoms with van der Waals surface area (Å²) in [6, 6.07) is 9.77. The molecule has 0 radical (unpaired) electrons. The lowest BCUT2D eigenvalue weighted by atomic mass is 9.78. The van der Waals surface area contributed by atoms with E-state index in [-0.39, 0.29) is 12.4 Å². The zero-order valence-electron chi connectivity index (χ0n) is 19.7. The van der Waals surface area contributed by atoms with Crippen LogP contribution >= 0.6 is 0 Å². The quantitative estimate of drug-likeness (QED) is 0.569. The van der Waals surface area contributed by atoms with Gasteiger partial charge in [0.15, 0.2) is 5.78 Å². The van der Waals surface area contributed by atoms with Gasteiger partial charge in [0.2, 0.25) is 5.91 Å². The maximum absolute atomic E-state index is 13.4. The molecule has 2 unspecified atom stereocenters. The lowest BCUT2D eigenvalue weighted by molar-refractivity contribution is -0.128. The van der Waals surface area contributed by atoms with Gasteiger partial charge < -0.3 is 24.7 Å². The van der Waals surface area contributed by atoms with Gasteiger partial charge in [0.1, 0.15) is 25.0 Å². The zero-order chi connectivity index (χ0) is 24.0. The average Bonchev–Trinajstić information content (AvgIpc) is 3.43. The van der Waals surface area contributed by atoms with Crippen molar-refractivity contribution in [2.45, 2.75) is 50.3 Å². The second-order valence-electron chi connectivity index (χ2n) is 9.39. The Bertz CT molecular complexity index is 940. The van der Waals surface area contributed by atoms with E-state index in [4.69, 9.17) is 9.15 Å². The van der Waals surface area contributed by atoms with Crippen LogP contribution in [-0.4, -0.2) is 67.9 Å². The molecule has 8 nitrogen and oxygen atoms in total. The Morgan fingerprint density at radius 1 is 1.18 bits per heavy atom. The second kappa shape index (κ2) is 10.8. The molecule has 3 atom stereocenters. The Hall–Kier alpha value is -2.97. The van der Waals surface area contributed by atoms with Gasteiger partial charge in [-0.1, -0.05) is 44.2 Å². The molecular weight excluding hydrogens is 422 g/mol. The Morgan fingerprint density at radius 3 is 2.55 bits per heavy atom. The van der Waals surface area contributed by atoms with E-state index in [2.05, 4.69) is 10.6 Å². The van der Waals surface area contributed by atoms with Crippen molar-refractivity contribution in [3.05, 3.63) is 60.1 Å². The largest absolute Gasteiger partial charge is 0.472 e. The minimum absolute atomic E-state index is 0.0232.